The molecular weight excluding hydrogens is 308 g/mol. The summed E-state index contributed by atoms with van der Waals surface area (Å²) in [4.78, 5) is 12.2. The summed E-state index contributed by atoms with van der Waals surface area (Å²) in [6.45, 7) is 0. The maximum atomic E-state index is 11.3. The monoisotopic (exact) mass is 320 g/mol. The van der Waals surface area contributed by atoms with E-state index in [1.54, 1.807) is 18.3 Å². The molecule has 2 aromatic carbocycles. The lowest BCUT2D eigenvalue weighted by atomic mass is 10.2. The Morgan fingerprint density at radius 3 is 2.67 bits per heavy atom. The first-order chi connectivity index (χ1) is 10.2. The first-order valence-corrected chi connectivity index (χ1v) is 7.29. The second-order valence-corrected chi connectivity index (χ2v) is 5.26. The molecule has 6 heteroatoms. The van der Waals surface area contributed by atoms with Gasteiger partial charge in [0, 0.05) is 40.7 Å². The van der Waals surface area contributed by atoms with Gasteiger partial charge in [0.1, 0.15) is 5.75 Å². The van der Waals surface area contributed by atoms with E-state index in [-0.39, 0.29) is 0 Å². The molecule has 4 nitrogen and oxygen atoms in total. The molecule has 1 N–H and O–H groups in total. The molecule has 0 atom stereocenters. The number of para-hydroxylation sites is 1. The third kappa shape index (κ3) is 4.81. The van der Waals surface area contributed by atoms with E-state index >= 15 is 0 Å². The van der Waals surface area contributed by atoms with E-state index in [4.69, 9.17) is 16.3 Å². The van der Waals surface area contributed by atoms with Crippen LogP contribution < -0.4 is 10.1 Å². The van der Waals surface area contributed by atoms with Crippen molar-refractivity contribution in [1.82, 2.24) is 5.32 Å². The van der Waals surface area contributed by atoms with Crippen LogP contribution >= 0.6 is 23.5 Å². The summed E-state index contributed by atoms with van der Waals surface area (Å²) in [7, 11) is 1.51. The summed E-state index contributed by atoms with van der Waals surface area (Å²) in [5.41, 5.74) is 0.725. The van der Waals surface area contributed by atoms with Gasteiger partial charge in [0.15, 0.2) is 0 Å². The van der Waals surface area contributed by atoms with Gasteiger partial charge in [0.05, 0.1) is 0 Å². The minimum Gasteiger partial charge on any atom is -0.410 e. The van der Waals surface area contributed by atoms with Crippen molar-refractivity contribution in [2.24, 2.45) is 4.40 Å². The fourth-order valence-electron chi connectivity index (χ4n) is 1.47. The molecule has 2 rings (SSSR count). The van der Waals surface area contributed by atoms with Crippen LogP contribution in [-0.2, 0) is 0 Å². The lowest BCUT2D eigenvalue weighted by Gasteiger charge is -2.05. The van der Waals surface area contributed by atoms with Gasteiger partial charge < -0.3 is 10.1 Å². The van der Waals surface area contributed by atoms with E-state index < -0.39 is 6.09 Å². The molecule has 2 aromatic rings. The normalized spacial score (nSPS) is 10.6. The number of nitrogens with one attached hydrogen (secondary N) is 1. The van der Waals surface area contributed by atoms with Gasteiger partial charge in [-0.05, 0) is 36.4 Å². The Labute approximate surface area is 132 Å². The number of carbonyl (C=O) groups excluding carboxylic acids is 1. The average molecular weight is 321 g/mol. The molecule has 0 aromatic heterocycles. The van der Waals surface area contributed by atoms with Crippen LogP contribution in [0.25, 0.3) is 0 Å². The van der Waals surface area contributed by atoms with E-state index in [1.165, 1.54) is 19.0 Å². The molecule has 0 heterocycles. The van der Waals surface area contributed by atoms with Gasteiger partial charge in [-0.15, -0.1) is 0 Å². The molecule has 108 valence electrons. The Bertz CT molecular complexity index is 644. The van der Waals surface area contributed by atoms with Gasteiger partial charge in [0.25, 0.3) is 0 Å². The van der Waals surface area contributed by atoms with Crippen LogP contribution in [0.4, 0.5) is 4.79 Å². The first kappa shape index (κ1) is 15.4. The van der Waals surface area contributed by atoms with Crippen molar-refractivity contribution in [3.8, 4) is 5.75 Å². The Morgan fingerprint density at radius 2 is 1.95 bits per heavy atom. The molecule has 0 bridgehead atoms. The molecule has 0 fully saturated rings. The Morgan fingerprint density at radius 1 is 1.24 bits per heavy atom. The summed E-state index contributed by atoms with van der Waals surface area (Å²) < 4.78 is 9.42. The minimum absolute atomic E-state index is 0.456. The van der Waals surface area contributed by atoms with E-state index in [0.29, 0.717) is 10.8 Å². The fraction of sp³-hybridized carbons (Fsp3) is 0.0667. The number of benzene rings is 2. The maximum Gasteiger partial charge on any atom is 0.412 e. The Hall–Kier alpha value is -1.98. The number of rotatable bonds is 4. The van der Waals surface area contributed by atoms with Crippen LogP contribution in [0.1, 0.15) is 5.56 Å². The number of amides is 1. The van der Waals surface area contributed by atoms with Gasteiger partial charge in [-0.1, -0.05) is 23.7 Å². The molecule has 0 aliphatic heterocycles. The van der Waals surface area contributed by atoms with Crippen molar-refractivity contribution in [3.63, 3.8) is 0 Å². The summed E-state index contributed by atoms with van der Waals surface area (Å²) in [6.07, 6.45) is 1.14. The molecule has 0 aliphatic carbocycles. The summed E-state index contributed by atoms with van der Waals surface area (Å²) >= 11 is 7.13. The smallest absolute Gasteiger partial charge is 0.410 e. The largest absolute Gasteiger partial charge is 0.412 e. The minimum atomic E-state index is -0.513. The topological polar surface area (TPSA) is 50.7 Å². The zero-order chi connectivity index (χ0) is 15.1. The highest BCUT2D eigenvalue weighted by Crippen LogP contribution is 2.22. The van der Waals surface area contributed by atoms with Crippen molar-refractivity contribution in [3.05, 3.63) is 59.1 Å². The van der Waals surface area contributed by atoms with Gasteiger partial charge in [-0.2, -0.15) is 0 Å². The average Bonchev–Trinajstić information content (AvgIpc) is 2.51. The maximum absolute atomic E-state index is 11.3. The van der Waals surface area contributed by atoms with Crippen molar-refractivity contribution in [1.29, 1.82) is 0 Å². The molecule has 0 saturated carbocycles. The summed E-state index contributed by atoms with van der Waals surface area (Å²) in [6, 6.07) is 14.6. The van der Waals surface area contributed by atoms with Crippen molar-refractivity contribution in [2.45, 2.75) is 4.90 Å². The van der Waals surface area contributed by atoms with Crippen LogP contribution in [-0.4, -0.2) is 19.4 Å². The van der Waals surface area contributed by atoms with E-state index in [0.717, 1.165) is 10.5 Å². The lowest BCUT2D eigenvalue weighted by Crippen LogP contribution is -2.22. The van der Waals surface area contributed by atoms with Gasteiger partial charge >= 0.3 is 6.09 Å². The zero-order valence-corrected chi connectivity index (χ0v) is 12.8. The third-order valence-electron chi connectivity index (χ3n) is 2.49. The Balaban J connectivity index is 2.06. The number of nitrogens with zero attached hydrogens (tertiary/aromatic N) is 1. The number of hydrogen-bond donors (Lipinski definition) is 1. The number of halogens is 1. The molecule has 0 radical (unpaired) electrons. The van der Waals surface area contributed by atoms with Crippen LogP contribution in [0.15, 0.2) is 57.8 Å². The summed E-state index contributed by atoms with van der Waals surface area (Å²) in [5, 5.41) is 3.09. The highest BCUT2D eigenvalue weighted by atomic mass is 35.5. The van der Waals surface area contributed by atoms with E-state index in [9.17, 15) is 4.79 Å². The lowest BCUT2D eigenvalue weighted by molar-refractivity contribution is 0.203. The molecule has 21 heavy (non-hydrogen) atoms. The Kier molecular flexibility index (Phi) is 5.66. The van der Waals surface area contributed by atoms with Crippen LogP contribution in [0.5, 0.6) is 5.75 Å². The standard InChI is InChI=1S/C15H13ClN2O2S/c1-17-15(19)20-14-5-3-2-4-11(14)10-18-21-13-8-6-12(16)7-9-13/h2-10H,1H3,(H,17,19). The highest BCUT2D eigenvalue weighted by molar-refractivity contribution is 7.98. The van der Waals surface area contributed by atoms with Crippen LogP contribution in [0.3, 0.4) is 0 Å². The van der Waals surface area contributed by atoms with E-state index in [1.807, 2.05) is 36.4 Å². The molecule has 0 spiro atoms. The van der Waals surface area contributed by atoms with Crippen LogP contribution in [0.2, 0.25) is 5.02 Å². The molecular formula is C15H13ClN2O2S. The highest BCUT2D eigenvalue weighted by Gasteiger charge is 2.05. The SMILES string of the molecule is CNC(=O)Oc1ccccc1C=NSc1ccc(Cl)cc1. The van der Waals surface area contributed by atoms with E-state index in [2.05, 4.69) is 9.71 Å². The number of carbonyl (C=O) groups is 1. The molecule has 0 aliphatic rings. The van der Waals surface area contributed by atoms with Crippen molar-refractivity contribution in [2.75, 3.05) is 7.05 Å². The van der Waals surface area contributed by atoms with Gasteiger partial charge in [0.2, 0.25) is 0 Å². The van der Waals surface area contributed by atoms with Crippen molar-refractivity contribution >= 4 is 35.9 Å². The number of ether oxygens (including phenoxy) is 1. The second-order valence-electron chi connectivity index (χ2n) is 3.96. The number of hydrogen-bond acceptors (Lipinski definition) is 4. The second kappa shape index (κ2) is 7.71. The fourth-order valence-corrected chi connectivity index (χ4v) is 2.14. The first-order valence-electron chi connectivity index (χ1n) is 6.13. The predicted molar refractivity (Wildman–Crippen MR) is 86.4 cm³/mol. The summed E-state index contributed by atoms with van der Waals surface area (Å²) in [5.74, 6) is 0.456. The quantitative estimate of drug-likeness (QED) is 0.679. The zero-order valence-electron chi connectivity index (χ0n) is 11.2. The third-order valence-corrected chi connectivity index (χ3v) is 3.44. The molecule has 0 saturated heterocycles. The molecule has 1 amide bonds. The van der Waals surface area contributed by atoms with Gasteiger partial charge in [-0.3, -0.25) is 0 Å². The van der Waals surface area contributed by atoms with Crippen LogP contribution in [0, 0.1) is 0 Å². The molecule has 0 unspecified atom stereocenters. The predicted octanol–water partition coefficient (Wildman–Crippen LogP) is 4.18. The van der Waals surface area contributed by atoms with Gasteiger partial charge in [-0.25, -0.2) is 9.19 Å². The van der Waals surface area contributed by atoms with Crippen molar-refractivity contribution < 1.29 is 9.53 Å².